The number of pyridine rings is 1. The second-order valence-electron chi connectivity index (χ2n) is 5.50. The van der Waals surface area contributed by atoms with Gasteiger partial charge in [0.25, 0.3) is 0 Å². The van der Waals surface area contributed by atoms with E-state index in [-0.39, 0.29) is 0 Å². The SMILES string of the molecule is CN(C)CCc1c2ccccc2c2cc(Br)ccc2[n+]1[O-]. The molecule has 0 spiro atoms. The van der Waals surface area contributed by atoms with Crippen molar-refractivity contribution in [1.82, 2.24) is 4.90 Å². The molecule has 0 radical (unpaired) electrons. The molecule has 3 nitrogen and oxygen atoms in total. The molecule has 0 aliphatic rings. The van der Waals surface area contributed by atoms with Gasteiger partial charge in [-0.3, -0.25) is 0 Å². The zero-order chi connectivity index (χ0) is 15.0. The zero-order valence-corrected chi connectivity index (χ0v) is 13.7. The minimum Gasteiger partial charge on any atom is -0.618 e. The van der Waals surface area contributed by atoms with E-state index in [9.17, 15) is 5.21 Å². The van der Waals surface area contributed by atoms with Crippen LogP contribution in [0.5, 0.6) is 0 Å². The number of aromatic nitrogens is 1. The van der Waals surface area contributed by atoms with Crippen LogP contribution in [-0.2, 0) is 6.42 Å². The van der Waals surface area contributed by atoms with Gasteiger partial charge in [0.15, 0.2) is 0 Å². The van der Waals surface area contributed by atoms with Crippen LogP contribution in [0.4, 0.5) is 0 Å². The normalized spacial score (nSPS) is 11.6. The van der Waals surface area contributed by atoms with Crippen LogP contribution >= 0.6 is 15.9 Å². The van der Waals surface area contributed by atoms with Crippen molar-refractivity contribution in [3.05, 3.63) is 57.8 Å². The predicted octanol–water partition coefficient (Wildman–Crippen LogP) is 3.49. The molecule has 3 aromatic rings. The molecule has 0 amide bonds. The molecule has 0 saturated heterocycles. The van der Waals surface area contributed by atoms with Gasteiger partial charge in [-0.05, 0) is 32.3 Å². The van der Waals surface area contributed by atoms with Crippen LogP contribution < -0.4 is 4.73 Å². The van der Waals surface area contributed by atoms with E-state index < -0.39 is 0 Å². The summed E-state index contributed by atoms with van der Waals surface area (Å²) in [5, 5.41) is 15.9. The van der Waals surface area contributed by atoms with Crippen LogP contribution in [0, 0.1) is 5.21 Å². The Hall–Kier alpha value is -1.65. The third-order valence-corrected chi connectivity index (χ3v) is 4.24. The van der Waals surface area contributed by atoms with Gasteiger partial charge >= 0.3 is 0 Å². The van der Waals surface area contributed by atoms with E-state index >= 15 is 0 Å². The highest BCUT2D eigenvalue weighted by Crippen LogP contribution is 2.27. The second kappa shape index (κ2) is 5.62. The highest BCUT2D eigenvalue weighted by Gasteiger charge is 2.17. The van der Waals surface area contributed by atoms with Crippen LogP contribution in [0.15, 0.2) is 46.9 Å². The summed E-state index contributed by atoms with van der Waals surface area (Å²) in [4.78, 5) is 2.10. The van der Waals surface area contributed by atoms with Gasteiger partial charge in [0.2, 0.25) is 11.2 Å². The fourth-order valence-corrected chi connectivity index (χ4v) is 3.05. The third kappa shape index (κ3) is 2.61. The quantitative estimate of drug-likeness (QED) is 0.413. The van der Waals surface area contributed by atoms with E-state index in [1.807, 2.05) is 50.5 Å². The molecule has 0 N–H and O–H groups in total. The summed E-state index contributed by atoms with van der Waals surface area (Å²) in [7, 11) is 4.05. The van der Waals surface area contributed by atoms with E-state index in [0.29, 0.717) is 0 Å². The first-order chi connectivity index (χ1) is 10.1. The first kappa shape index (κ1) is 14.3. The first-order valence-electron chi connectivity index (χ1n) is 6.95. The van der Waals surface area contributed by atoms with E-state index in [1.165, 1.54) is 0 Å². The lowest BCUT2D eigenvalue weighted by Crippen LogP contribution is -2.35. The molecular formula is C17H17BrN2O. The van der Waals surface area contributed by atoms with Gasteiger partial charge in [-0.2, -0.15) is 4.73 Å². The lowest BCUT2D eigenvalue weighted by Gasteiger charge is -2.14. The Morgan fingerprint density at radius 2 is 1.76 bits per heavy atom. The maximum absolute atomic E-state index is 12.7. The van der Waals surface area contributed by atoms with E-state index in [2.05, 4.69) is 26.9 Å². The number of hydrogen-bond donors (Lipinski definition) is 0. The molecule has 0 aliphatic carbocycles. The van der Waals surface area contributed by atoms with E-state index in [4.69, 9.17) is 0 Å². The summed E-state index contributed by atoms with van der Waals surface area (Å²) in [5.74, 6) is 0. The average Bonchev–Trinajstić information content (AvgIpc) is 2.46. The average molecular weight is 345 g/mol. The third-order valence-electron chi connectivity index (χ3n) is 3.75. The maximum Gasteiger partial charge on any atom is 0.224 e. The van der Waals surface area contributed by atoms with E-state index in [0.717, 1.165) is 49.5 Å². The molecular weight excluding hydrogens is 328 g/mol. The summed E-state index contributed by atoms with van der Waals surface area (Å²) < 4.78 is 2.08. The van der Waals surface area contributed by atoms with Gasteiger partial charge in [0, 0.05) is 28.9 Å². The Bertz CT molecular complexity index is 815. The van der Waals surface area contributed by atoms with Crippen LogP contribution in [0.1, 0.15) is 5.69 Å². The molecule has 0 bridgehead atoms. The fraction of sp³-hybridized carbons (Fsp3) is 0.235. The van der Waals surface area contributed by atoms with E-state index in [1.54, 1.807) is 0 Å². The molecule has 0 fully saturated rings. The van der Waals surface area contributed by atoms with Crippen molar-refractivity contribution in [3.8, 4) is 0 Å². The van der Waals surface area contributed by atoms with Gasteiger partial charge in [-0.25, -0.2) is 0 Å². The Kier molecular flexibility index (Phi) is 3.83. The summed E-state index contributed by atoms with van der Waals surface area (Å²) in [6.45, 7) is 0.855. The van der Waals surface area contributed by atoms with Crippen LogP contribution in [0.2, 0.25) is 0 Å². The molecule has 0 atom stereocenters. The predicted molar refractivity (Wildman–Crippen MR) is 90.4 cm³/mol. The number of rotatable bonds is 3. The molecule has 0 aliphatic heterocycles. The lowest BCUT2D eigenvalue weighted by atomic mass is 10.0. The van der Waals surface area contributed by atoms with Crippen molar-refractivity contribution in [2.24, 2.45) is 0 Å². The monoisotopic (exact) mass is 344 g/mol. The number of fused-ring (bicyclic) bond motifs is 3. The topological polar surface area (TPSA) is 30.2 Å². The van der Waals surface area contributed by atoms with Crippen molar-refractivity contribution in [2.45, 2.75) is 6.42 Å². The fourth-order valence-electron chi connectivity index (χ4n) is 2.69. The highest BCUT2D eigenvalue weighted by atomic mass is 79.9. The Morgan fingerprint density at radius 1 is 1.05 bits per heavy atom. The Labute approximate surface area is 132 Å². The first-order valence-corrected chi connectivity index (χ1v) is 7.74. The smallest absolute Gasteiger partial charge is 0.224 e. The molecule has 2 aromatic carbocycles. The van der Waals surface area contributed by atoms with Gasteiger partial charge in [0.1, 0.15) is 0 Å². The lowest BCUT2D eigenvalue weighted by molar-refractivity contribution is -0.584. The van der Waals surface area contributed by atoms with Gasteiger partial charge in [0.05, 0.1) is 10.8 Å². The molecule has 1 aromatic heterocycles. The zero-order valence-electron chi connectivity index (χ0n) is 12.1. The van der Waals surface area contributed by atoms with Gasteiger partial charge in [-0.1, -0.05) is 34.1 Å². The van der Waals surface area contributed by atoms with Crippen LogP contribution in [0.25, 0.3) is 21.7 Å². The van der Waals surface area contributed by atoms with Crippen molar-refractivity contribution in [3.63, 3.8) is 0 Å². The second-order valence-corrected chi connectivity index (χ2v) is 6.42. The van der Waals surface area contributed by atoms with Crippen LogP contribution in [-0.4, -0.2) is 25.5 Å². The molecule has 4 heteroatoms. The number of benzene rings is 2. The number of hydrogen-bond acceptors (Lipinski definition) is 2. The number of likely N-dealkylation sites (N-methyl/N-ethyl adjacent to an activating group) is 1. The molecule has 1 heterocycles. The standard InChI is InChI=1S/C17H17BrN2O/c1-19(2)10-9-17-14-6-4-3-5-13(14)15-11-12(18)7-8-16(15)20(17)21/h3-8,11H,9-10H2,1-2H3. The molecule has 21 heavy (non-hydrogen) atoms. The number of halogens is 1. The van der Waals surface area contributed by atoms with Gasteiger partial charge in [-0.15, -0.1) is 0 Å². The molecule has 3 rings (SSSR count). The summed E-state index contributed by atoms with van der Waals surface area (Å²) >= 11 is 3.49. The minimum absolute atomic E-state index is 0.727. The summed E-state index contributed by atoms with van der Waals surface area (Å²) in [6.07, 6.45) is 0.739. The van der Waals surface area contributed by atoms with Crippen molar-refractivity contribution in [1.29, 1.82) is 0 Å². The summed E-state index contributed by atoms with van der Waals surface area (Å²) in [5.41, 5.74) is 1.57. The maximum atomic E-state index is 12.7. The van der Waals surface area contributed by atoms with Crippen LogP contribution in [0.3, 0.4) is 0 Å². The minimum atomic E-state index is 0.727. The highest BCUT2D eigenvalue weighted by molar-refractivity contribution is 9.10. The molecule has 0 unspecified atom stereocenters. The molecule has 108 valence electrons. The number of nitrogens with zero attached hydrogens (tertiary/aromatic N) is 2. The van der Waals surface area contributed by atoms with Crippen molar-refractivity contribution < 1.29 is 4.73 Å². The largest absolute Gasteiger partial charge is 0.618 e. The van der Waals surface area contributed by atoms with Crippen molar-refractivity contribution >= 4 is 37.6 Å². The summed E-state index contributed by atoms with van der Waals surface area (Å²) in [6, 6.07) is 14.0. The van der Waals surface area contributed by atoms with Crippen molar-refractivity contribution in [2.75, 3.05) is 20.6 Å². The van der Waals surface area contributed by atoms with Gasteiger partial charge < -0.3 is 10.1 Å². The Morgan fingerprint density at radius 3 is 2.48 bits per heavy atom. The molecule has 0 saturated carbocycles. The Balaban J connectivity index is 2.34.